The molecule has 0 fully saturated rings. The van der Waals surface area contributed by atoms with E-state index in [1.807, 2.05) is 0 Å². The maximum absolute atomic E-state index is 12.1. The highest BCUT2D eigenvalue weighted by Gasteiger charge is 2.16. The summed E-state index contributed by atoms with van der Waals surface area (Å²) in [5.74, 6) is 0.528. The van der Waals surface area contributed by atoms with Crippen LogP contribution < -0.4 is 14.9 Å². The van der Waals surface area contributed by atoms with Gasteiger partial charge in [0.25, 0.3) is 11.6 Å². The van der Waals surface area contributed by atoms with Crippen molar-refractivity contribution in [3.8, 4) is 11.5 Å². The number of ether oxygens (including phenoxy) is 2. The SMILES string of the molecule is COc1ccc(OC)c(/C=N\NC(=O)c2ccc(Cl)c([N+](=O)[O-])c2)c1. The summed E-state index contributed by atoms with van der Waals surface area (Å²) < 4.78 is 10.3. The summed E-state index contributed by atoms with van der Waals surface area (Å²) in [5.41, 5.74) is 2.58. The number of nitrogens with one attached hydrogen (secondary N) is 1. The Hall–Kier alpha value is -3.13. The van der Waals surface area contributed by atoms with Crippen molar-refractivity contribution in [2.75, 3.05) is 14.2 Å². The number of methoxy groups -OCH3 is 2. The van der Waals surface area contributed by atoms with E-state index in [9.17, 15) is 14.9 Å². The molecule has 0 aliphatic heterocycles. The van der Waals surface area contributed by atoms with E-state index in [1.54, 1.807) is 18.2 Å². The van der Waals surface area contributed by atoms with Crippen LogP contribution in [0.5, 0.6) is 11.5 Å². The topological polar surface area (TPSA) is 103 Å². The molecular formula is C16H14ClN3O5. The van der Waals surface area contributed by atoms with Gasteiger partial charge in [-0.3, -0.25) is 14.9 Å². The number of amides is 1. The van der Waals surface area contributed by atoms with Gasteiger partial charge in [0.15, 0.2) is 0 Å². The predicted octanol–water partition coefficient (Wildman–Crippen LogP) is 3.03. The summed E-state index contributed by atoms with van der Waals surface area (Å²) in [6, 6.07) is 8.84. The number of nitro benzene ring substituents is 1. The van der Waals surface area contributed by atoms with Crippen LogP contribution in [0.1, 0.15) is 15.9 Å². The number of rotatable bonds is 6. The lowest BCUT2D eigenvalue weighted by atomic mass is 10.2. The molecule has 2 rings (SSSR count). The normalized spacial score (nSPS) is 10.5. The third kappa shape index (κ3) is 4.45. The van der Waals surface area contributed by atoms with Gasteiger partial charge in [-0.25, -0.2) is 5.43 Å². The molecule has 0 unspecified atom stereocenters. The molecule has 0 radical (unpaired) electrons. The molecule has 0 aromatic heterocycles. The first-order valence-corrected chi connectivity index (χ1v) is 7.33. The van der Waals surface area contributed by atoms with Crippen molar-refractivity contribution in [2.24, 2.45) is 5.10 Å². The number of benzene rings is 2. The van der Waals surface area contributed by atoms with Gasteiger partial charge in [0.1, 0.15) is 16.5 Å². The average molecular weight is 364 g/mol. The Morgan fingerprint density at radius 1 is 1.24 bits per heavy atom. The van der Waals surface area contributed by atoms with Crippen LogP contribution in [0.4, 0.5) is 5.69 Å². The van der Waals surface area contributed by atoms with Gasteiger partial charge >= 0.3 is 0 Å². The number of hydrogen-bond donors (Lipinski definition) is 1. The fourth-order valence-corrected chi connectivity index (χ4v) is 2.15. The lowest BCUT2D eigenvalue weighted by Crippen LogP contribution is -2.17. The van der Waals surface area contributed by atoms with Crippen molar-refractivity contribution in [3.05, 3.63) is 62.7 Å². The van der Waals surface area contributed by atoms with E-state index in [0.717, 1.165) is 6.07 Å². The molecule has 0 atom stereocenters. The van der Waals surface area contributed by atoms with E-state index >= 15 is 0 Å². The smallest absolute Gasteiger partial charge is 0.288 e. The van der Waals surface area contributed by atoms with Gasteiger partial charge in [0, 0.05) is 17.2 Å². The number of hydrogen-bond acceptors (Lipinski definition) is 6. The first-order valence-electron chi connectivity index (χ1n) is 6.95. The molecule has 0 heterocycles. The van der Waals surface area contributed by atoms with Gasteiger partial charge in [-0.15, -0.1) is 0 Å². The van der Waals surface area contributed by atoms with Crippen molar-refractivity contribution < 1.29 is 19.2 Å². The Morgan fingerprint density at radius 2 is 2.00 bits per heavy atom. The van der Waals surface area contributed by atoms with Crippen LogP contribution in [0.3, 0.4) is 0 Å². The number of carbonyl (C=O) groups excluding carboxylic acids is 1. The fraction of sp³-hybridized carbons (Fsp3) is 0.125. The zero-order valence-electron chi connectivity index (χ0n) is 13.4. The summed E-state index contributed by atoms with van der Waals surface area (Å²) in [5, 5.41) is 14.6. The second-order valence-electron chi connectivity index (χ2n) is 4.73. The molecule has 0 saturated carbocycles. The van der Waals surface area contributed by atoms with Gasteiger partial charge < -0.3 is 9.47 Å². The molecule has 8 nitrogen and oxygen atoms in total. The Kier molecular flexibility index (Phi) is 5.91. The third-order valence-corrected chi connectivity index (χ3v) is 3.53. The summed E-state index contributed by atoms with van der Waals surface area (Å²) in [6.45, 7) is 0. The quantitative estimate of drug-likeness (QED) is 0.482. The van der Waals surface area contributed by atoms with Crippen molar-refractivity contribution >= 4 is 29.4 Å². The maximum atomic E-state index is 12.1. The molecule has 1 N–H and O–H groups in total. The highest BCUT2D eigenvalue weighted by Crippen LogP contribution is 2.25. The molecule has 25 heavy (non-hydrogen) atoms. The van der Waals surface area contributed by atoms with Crippen molar-refractivity contribution in [2.45, 2.75) is 0 Å². The van der Waals surface area contributed by atoms with E-state index in [4.69, 9.17) is 21.1 Å². The van der Waals surface area contributed by atoms with E-state index < -0.39 is 10.8 Å². The highest BCUT2D eigenvalue weighted by atomic mass is 35.5. The maximum Gasteiger partial charge on any atom is 0.288 e. The van der Waals surface area contributed by atoms with E-state index in [1.165, 1.54) is 32.6 Å². The largest absolute Gasteiger partial charge is 0.497 e. The van der Waals surface area contributed by atoms with Gasteiger partial charge in [0.2, 0.25) is 0 Å². The van der Waals surface area contributed by atoms with Crippen LogP contribution >= 0.6 is 11.6 Å². The molecule has 0 aliphatic carbocycles. The van der Waals surface area contributed by atoms with Crippen LogP contribution in [-0.2, 0) is 0 Å². The van der Waals surface area contributed by atoms with Crippen molar-refractivity contribution in [3.63, 3.8) is 0 Å². The zero-order chi connectivity index (χ0) is 18.4. The molecule has 130 valence electrons. The van der Waals surface area contributed by atoms with Crippen molar-refractivity contribution in [1.29, 1.82) is 0 Å². The van der Waals surface area contributed by atoms with Crippen LogP contribution in [0.2, 0.25) is 5.02 Å². The van der Waals surface area contributed by atoms with E-state index in [-0.39, 0.29) is 16.3 Å². The molecule has 0 spiro atoms. The number of nitrogens with zero attached hydrogens (tertiary/aromatic N) is 2. The lowest BCUT2D eigenvalue weighted by molar-refractivity contribution is -0.384. The number of hydrazone groups is 1. The zero-order valence-corrected chi connectivity index (χ0v) is 14.1. The molecule has 0 aliphatic rings. The first-order chi connectivity index (χ1) is 12.0. The monoisotopic (exact) mass is 363 g/mol. The van der Waals surface area contributed by atoms with E-state index in [2.05, 4.69) is 10.5 Å². The minimum atomic E-state index is -0.663. The molecule has 0 saturated heterocycles. The van der Waals surface area contributed by atoms with Gasteiger partial charge in [-0.2, -0.15) is 5.10 Å². The standard InChI is InChI=1S/C16H14ClN3O5/c1-24-12-4-6-15(25-2)11(7-12)9-18-19-16(21)10-3-5-13(17)14(8-10)20(22)23/h3-9H,1-2H3,(H,19,21)/b18-9-. The molecule has 1 amide bonds. The summed E-state index contributed by atoms with van der Waals surface area (Å²) >= 11 is 5.71. The summed E-state index contributed by atoms with van der Waals surface area (Å²) in [6.07, 6.45) is 1.38. The minimum absolute atomic E-state index is 0.0498. The number of halogens is 1. The fourth-order valence-electron chi connectivity index (χ4n) is 1.96. The molecular weight excluding hydrogens is 350 g/mol. The van der Waals surface area contributed by atoms with Crippen LogP contribution in [0.25, 0.3) is 0 Å². The van der Waals surface area contributed by atoms with Gasteiger partial charge in [0.05, 0.1) is 25.4 Å². The number of carbonyl (C=O) groups is 1. The van der Waals surface area contributed by atoms with Crippen LogP contribution in [0.15, 0.2) is 41.5 Å². The van der Waals surface area contributed by atoms with Crippen LogP contribution in [0, 0.1) is 10.1 Å². The molecule has 2 aromatic carbocycles. The molecule has 9 heteroatoms. The minimum Gasteiger partial charge on any atom is -0.497 e. The Morgan fingerprint density at radius 3 is 2.64 bits per heavy atom. The van der Waals surface area contributed by atoms with E-state index in [0.29, 0.717) is 17.1 Å². The first kappa shape index (κ1) is 18.2. The highest BCUT2D eigenvalue weighted by molar-refractivity contribution is 6.32. The predicted molar refractivity (Wildman–Crippen MR) is 92.7 cm³/mol. The summed E-state index contributed by atoms with van der Waals surface area (Å²) in [4.78, 5) is 22.2. The Balaban J connectivity index is 2.16. The number of nitro groups is 1. The second kappa shape index (κ2) is 8.11. The lowest BCUT2D eigenvalue weighted by Gasteiger charge is -2.06. The van der Waals surface area contributed by atoms with Crippen molar-refractivity contribution in [1.82, 2.24) is 5.43 Å². The molecule has 2 aromatic rings. The van der Waals surface area contributed by atoms with Crippen LogP contribution in [-0.4, -0.2) is 31.3 Å². The average Bonchev–Trinajstić information content (AvgIpc) is 2.61. The Labute approximate surface area is 148 Å². The second-order valence-corrected chi connectivity index (χ2v) is 5.14. The Bertz CT molecular complexity index is 839. The van der Waals surface area contributed by atoms with Gasteiger partial charge in [-0.1, -0.05) is 11.6 Å². The summed E-state index contributed by atoms with van der Waals surface area (Å²) in [7, 11) is 3.03. The third-order valence-electron chi connectivity index (χ3n) is 3.21. The molecule has 0 bridgehead atoms. The van der Waals surface area contributed by atoms with Gasteiger partial charge in [-0.05, 0) is 30.3 Å².